The van der Waals surface area contributed by atoms with Gasteiger partial charge >= 0.3 is 0 Å². The third kappa shape index (κ3) is 2.30. The number of hydrogen-bond acceptors (Lipinski definition) is 2. The monoisotopic (exact) mass is 309 g/mol. The van der Waals surface area contributed by atoms with E-state index in [1.165, 1.54) is 29.9 Å². The normalized spacial score (nSPS) is 33.2. The van der Waals surface area contributed by atoms with E-state index in [0.717, 1.165) is 18.1 Å². The molecule has 0 aliphatic carbocycles. The van der Waals surface area contributed by atoms with Crippen LogP contribution >= 0.6 is 23.4 Å². The first-order valence-electron chi connectivity index (χ1n) is 7.60. The summed E-state index contributed by atoms with van der Waals surface area (Å²) in [5.41, 5.74) is 2.12. The SMILES string of the molecule is CC1(C)CCSCC12CCNCC2c1ccccc1Cl. The number of rotatable bonds is 1. The average Bonchev–Trinajstić information content (AvgIpc) is 2.44. The van der Waals surface area contributed by atoms with Crippen molar-refractivity contribution in [2.24, 2.45) is 10.8 Å². The molecule has 2 heterocycles. The van der Waals surface area contributed by atoms with Crippen LogP contribution in [0.25, 0.3) is 0 Å². The lowest BCUT2D eigenvalue weighted by molar-refractivity contribution is 0.0255. The van der Waals surface area contributed by atoms with Crippen molar-refractivity contribution in [2.45, 2.75) is 32.6 Å². The molecule has 2 aliphatic rings. The second kappa shape index (κ2) is 5.55. The lowest BCUT2D eigenvalue weighted by atomic mass is 9.54. The molecule has 2 atom stereocenters. The van der Waals surface area contributed by atoms with Gasteiger partial charge in [0.15, 0.2) is 0 Å². The van der Waals surface area contributed by atoms with E-state index in [-0.39, 0.29) is 0 Å². The van der Waals surface area contributed by atoms with Gasteiger partial charge in [-0.15, -0.1) is 0 Å². The van der Waals surface area contributed by atoms with Crippen molar-refractivity contribution in [3.63, 3.8) is 0 Å². The van der Waals surface area contributed by atoms with E-state index in [1.54, 1.807) is 0 Å². The minimum Gasteiger partial charge on any atom is -0.316 e. The van der Waals surface area contributed by atoms with Crippen LogP contribution in [0.3, 0.4) is 0 Å². The summed E-state index contributed by atoms with van der Waals surface area (Å²) in [7, 11) is 0. The molecular formula is C17H24ClNS. The van der Waals surface area contributed by atoms with Crippen LogP contribution in [0, 0.1) is 10.8 Å². The molecule has 1 aromatic carbocycles. The minimum atomic E-state index is 0.381. The van der Waals surface area contributed by atoms with E-state index in [9.17, 15) is 0 Å². The predicted molar refractivity (Wildman–Crippen MR) is 89.8 cm³/mol. The summed E-state index contributed by atoms with van der Waals surface area (Å²) in [5.74, 6) is 3.11. The first kappa shape index (κ1) is 14.7. The number of thioether (sulfide) groups is 1. The van der Waals surface area contributed by atoms with Crippen LogP contribution in [0.1, 0.15) is 38.2 Å². The molecule has 2 unspecified atom stereocenters. The predicted octanol–water partition coefficient (Wildman–Crippen LogP) is 4.57. The maximum atomic E-state index is 6.52. The summed E-state index contributed by atoms with van der Waals surface area (Å²) in [6.07, 6.45) is 2.58. The van der Waals surface area contributed by atoms with Crippen LogP contribution in [0.5, 0.6) is 0 Å². The number of piperidine rings is 1. The minimum absolute atomic E-state index is 0.381. The summed E-state index contributed by atoms with van der Waals surface area (Å²) < 4.78 is 0. The molecule has 110 valence electrons. The molecule has 20 heavy (non-hydrogen) atoms. The van der Waals surface area contributed by atoms with E-state index in [2.05, 4.69) is 43.1 Å². The molecule has 0 amide bonds. The van der Waals surface area contributed by atoms with E-state index in [1.807, 2.05) is 12.1 Å². The Balaban J connectivity index is 2.05. The summed E-state index contributed by atoms with van der Waals surface area (Å²) in [4.78, 5) is 0. The maximum absolute atomic E-state index is 6.52. The molecular weight excluding hydrogens is 286 g/mol. The zero-order valence-electron chi connectivity index (χ0n) is 12.4. The highest BCUT2D eigenvalue weighted by Crippen LogP contribution is 2.59. The zero-order valence-corrected chi connectivity index (χ0v) is 14.0. The van der Waals surface area contributed by atoms with E-state index >= 15 is 0 Å². The molecule has 1 nitrogen and oxygen atoms in total. The smallest absolute Gasteiger partial charge is 0.0441 e. The van der Waals surface area contributed by atoms with Crippen molar-refractivity contribution >= 4 is 23.4 Å². The van der Waals surface area contributed by atoms with E-state index in [4.69, 9.17) is 11.6 Å². The first-order valence-corrected chi connectivity index (χ1v) is 9.13. The van der Waals surface area contributed by atoms with Gasteiger partial charge in [-0.3, -0.25) is 0 Å². The summed E-state index contributed by atoms with van der Waals surface area (Å²) >= 11 is 8.65. The largest absolute Gasteiger partial charge is 0.316 e. The van der Waals surface area contributed by atoms with Crippen LogP contribution in [-0.2, 0) is 0 Å². The molecule has 0 aromatic heterocycles. The van der Waals surface area contributed by atoms with Gasteiger partial charge in [0.05, 0.1) is 0 Å². The van der Waals surface area contributed by atoms with Crippen LogP contribution in [0.4, 0.5) is 0 Å². The molecule has 2 aliphatic heterocycles. The standard InChI is InChI=1S/C17H24ClNS/c1-16(2)8-10-20-12-17(16)7-9-19-11-14(17)13-5-3-4-6-15(13)18/h3-6,14,19H,7-12H2,1-2H3. The van der Waals surface area contributed by atoms with Gasteiger partial charge in [-0.05, 0) is 47.6 Å². The van der Waals surface area contributed by atoms with Crippen LogP contribution in [-0.4, -0.2) is 24.6 Å². The Labute approximate surface area is 131 Å². The van der Waals surface area contributed by atoms with Gasteiger partial charge in [-0.1, -0.05) is 43.6 Å². The Bertz CT molecular complexity index is 482. The molecule has 0 bridgehead atoms. The Kier molecular flexibility index (Phi) is 4.09. The van der Waals surface area contributed by atoms with Crippen molar-refractivity contribution in [2.75, 3.05) is 24.6 Å². The van der Waals surface area contributed by atoms with Gasteiger partial charge in [-0.25, -0.2) is 0 Å². The summed E-state index contributed by atoms with van der Waals surface area (Å²) in [5, 5.41) is 4.54. The number of hydrogen-bond donors (Lipinski definition) is 1. The fraction of sp³-hybridized carbons (Fsp3) is 0.647. The Morgan fingerprint density at radius 3 is 2.80 bits per heavy atom. The van der Waals surface area contributed by atoms with Gasteiger partial charge in [0.2, 0.25) is 0 Å². The molecule has 1 N–H and O–H groups in total. The highest BCUT2D eigenvalue weighted by molar-refractivity contribution is 7.99. The van der Waals surface area contributed by atoms with Gasteiger partial charge in [-0.2, -0.15) is 11.8 Å². The Hall–Kier alpha value is -0.180. The lowest BCUT2D eigenvalue weighted by Crippen LogP contribution is -2.54. The van der Waals surface area contributed by atoms with Crippen molar-refractivity contribution in [3.05, 3.63) is 34.9 Å². The van der Waals surface area contributed by atoms with E-state index < -0.39 is 0 Å². The van der Waals surface area contributed by atoms with Gasteiger partial charge in [0, 0.05) is 23.2 Å². The van der Waals surface area contributed by atoms with Crippen molar-refractivity contribution in [3.8, 4) is 0 Å². The second-order valence-corrected chi connectivity index (χ2v) is 8.38. The van der Waals surface area contributed by atoms with Crippen LogP contribution in [0.2, 0.25) is 5.02 Å². The molecule has 0 radical (unpaired) electrons. The Morgan fingerprint density at radius 1 is 1.25 bits per heavy atom. The Morgan fingerprint density at radius 2 is 2.05 bits per heavy atom. The molecule has 3 heteroatoms. The van der Waals surface area contributed by atoms with Crippen molar-refractivity contribution < 1.29 is 0 Å². The fourth-order valence-corrected chi connectivity index (χ4v) is 6.27. The van der Waals surface area contributed by atoms with Gasteiger partial charge in [0.1, 0.15) is 0 Å². The highest BCUT2D eigenvalue weighted by Gasteiger charge is 2.53. The molecule has 0 saturated carbocycles. The number of nitrogens with one attached hydrogen (secondary N) is 1. The van der Waals surface area contributed by atoms with Crippen molar-refractivity contribution in [1.82, 2.24) is 5.32 Å². The van der Waals surface area contributed by atoms with Crippen LogP contribution < -0.4 is 5.32 Å². The third-order valence-electron chi connectivity index (χ3n) is 5.62. The number of halogens is 1. The highest BCUT2D eigenvalue weighted by atomic mass is 35.5. The summed E-state index contributed by atoms with van der Waals surface area (Å²) in [6.45, 7) is 7.16. The third-order valence-corrected chi connectivity index (χ3v) is 7.18. The van der Waals surface area contributed by atoms with Gasteiger partial charge in [0.25, 0.3) is 0 Å². The average molecular weight is 310 g/mol. The van der Waals surface area contributed by atoms with E-state index in [0.29, 0.717) is 16.7 Å². The van der Waals surface area contributed by atoms with Crippen LogP contribution in [0.15, 0.2) is 24.3 Å². The quantitative estimate of drug-likeness (QED) is 0.815. The number of benzene rings is 1. The zero-order chi connectivity index (χ0) is 14.2. The maximum Gasteiger partial charge on any atom is 0.0441 e. The fourth-order valence-electron chi connectivity index (χ4n) is 4.10. The second-order valence-electron chi connectivity index (χ2n) is 6.87. The molecule has 2 saturated heterocycles. The molecule has 2 fully saturated rings. The topological polar surface area (TPSA) is 12.0 Å². The molecule has 1 aromatic rings. The first-order chi connectivity index (χ1) is 9.57. The van der Waals surface area contributed by atoms with Crippen molar-refractivity contribution in [1.29, 1.82) is 0 Å². The molecule has 1 spiro atoms. The lowest BCUT2D eigenvalue weighted by Gasteiger charge is -2.57. The van der Waals surface area contributed by atoms with Gasteiger partial charge < -0.3 is 5.32 Å². The summed E-state index contributed by atoms with van der Waals surface area (Å²) in [6, 6.07) is 8.45. The molecule has 3 rings (SSSR count).